The number of aromatic carboxylic acids is 1. The van der Waals surface area contributed by atoms with E-state index in [0.717, 1.165) is 3.57 Å². The summed E-state index contributed by atoms with van der Waals surface area (Å²) in [5.41, 5.74) is 0.334. The summed E-state index contributed by atoms with van der Waals surface area (Å²) in [5, 5.41) is 11.7. The van der Waals surface area contributed by atoms with Crippen LogP contribution in [0.1, 0.15) is 10.4 Å². The maximum Gasteiger partial charge on any atom is 0.337 e. The number of urea groups is 1. The van der Waals surface area contributed by atoms with Crippen molar-refractivity contribution in [3.05, 3.63) is 27.3 Å². The maximum atomic E-state index is 12.1. The molecule has 108 valence electrons. The molecule has 1 heterocycles. The Morgan fingerprint density at radius 2 is 1.95 bits per heavy atom. The van der Waals surface area contributed by atoms with E-state index in [1.54, 1.807) is 17.0 Å². The van der Waals surface area contributed by atoms with E-state index in [4.69, 9.17) is 5.11 Å². The summed E-state index contributed by atoms with van der Waals surface area (Å²) < 4.78 is 12.0. The molecule has 0 atom stereocenters. The quantitative estimate of drug-likeness (QED) is 0.728. The van der Waals surface area contributed by atoms with Crippen LogP contribution in [0.5, 0.6) is 0 Å². The van der Waals surface area contributed by atoms with Crippen LogP contribution in [0, 0.1) is 3.57 Å². The van der Waals surface area contributed by atoms with Gasteiger partial charge in [0, 0.05) is 39.0 Å². The number of amides is 2. The first-order chi connectivity index (χ1) is 9.47. The number of hydrogen-bond acceptors (Lipinski definition) is 3. The number of carbonyl (C=O) groups is 2. The first-order valence-electron chi connectivity index (χ1n) is 5.91. The first-order valence-corrected chi connectivity index (χ1v) is 8.48. The molecule has 1 aliphatic rings. The van der Waals surface area contributed by atoms with Crippen LogP contribution in [-0.2, 0) is 10.8 Å². The summed E-state index contributed by atoms with van der Waals surface area (Å²) in [6.45, 7) is 0.844. The Labute approximate surface area is 132 Å². The topological polar surface area (TPSA) is 86.7 Å². The highest BCUT2D eigenvalue weighted by Gasteiger charge is 2.21. The van der Waals surface area contributed by atoms with Gasteiger partial charge in [0.15, 0.2) is 0 Å². The van der Waals surface area contributed by atoms with Gasteiger partial charge in [-0.05, 0) is 40.8 Å². The number of anilines is 1. The van der Waals surface area contributed by atoms with Crippen LogP contribution in [-0.4, -0.2) is 50.8 Å². The van der Waals surface area contributed by atoms with Crippen LogP contribution in [0.25, 0.3) is 0 Å². The standard InChI is InChI=1S/C12H13IN2O4S/c13-8-1-2-10(9(7-8)11(16)17)14-12(18)15-3-5-20(19)6-4-15/h1-2,7H,3-6H2,(H,14,18)(H,16,17). The summed E-state index contributed by atoms with van der Waals surface area (Å²) in [4.78, 5) is 24.8. The van der Waals surface area contributed by atoms with Crippen LogP contribution in [0.3, 0.4) is 0 Å². The number of rotatable bonds is 2. The van der Waals surface area contributed by atoms with Gasteiger partial charge in [0.05, 0.1) is 11.3 Å². The van der Waals surface area contributed by atoms with E-state index in [9.17, 15) is 13.8 Å². The second-order valence-electron chi connectivity index (χ2n) is 4.26. The first kappa shape index (κ1) is 15.2. The van der Waals surface area contributed by atoms with Crippen molar-refractivity contribution in [2.75, 3.05) is 29.9 Å². The molecule has 6 nitrogen and oxygen atoms in total. The zero-order valence-electron chi connectivity index (χ0n) is 10.5. The SMILES string of the molecule is O=C(O)c1cc(I)ccc1NC(=O)N1CCS(=O)CC1. The number of carbonyl (C=O) groups excluding carboxylic acids is 1. The Kier molecular flexibility index (Phi) is 4.97. The largest absolute Gasteiger partial charge is 0.478 e. The minimum absolute atomic E-state index is 0.0610. The van der Waals surface area contributed by atoms with E-state index >= 15 is 0 Å². The Morgan fingerprint density at radius 3 is 2.55 bits per heavy atom. The van der Waals surface area contributed by atoms with Gasteiger partial charge in [-0.1, -0.05) is 0 Å². The fraction of sp³-hybridized carbons (Fsp3) is 0.333. The molecule has 1 aliphatic heterocycles. The molecule has 1 aromatic carbocycles. The van der Waals surface area contributed by atoms with Gasteiger partial charge in [-0.3, -0.25) is 4.21 Å². The van der Waals surface area contributed by atoms with Crippen molar-refractivity contribution in [3.8, 4) is 0 Å². The zero-order chi connectivity index (χ0) is 14.7. The fourth-order valence-electron chi connectivity index (χ4n) is 1.84. The van der Waals surface area contributed by atoms with E-state index < -0.39 is 16.8 Å². The highest BCUT2D eigenvalue weighted by molar-refractivity contribution is 14.1. The Hall–Kier alpha value is -1.16. The van der Waals surface area contributed by atoms with Crippen LogP contribution >= 0.6 is 22.6 Å². The number of nitrogens with one attached hydrogen (secondary N) is 1. The van der Waals surface area contributed by atoms with Gasteiger partial charge in [0.25, 0.3) is 0 Å². The summed E-state index contributed by atoms with van der Waals surface area (Å²) >= 11 is 2.01. The van der Waals surface area contributed by atoms with Gasteiger partial charge in [-0.25, -0.2) is 9.59 Å². The van der Waals surface area contributed by atoms with Gasteiger partial charge in [-0.2, -0.15) is 0 Å². The molecular weight excluding hydrogens is 395 g/mol. The molecule has 20 heavy (non-hydrogen) atoms. The lowest BCUT2D eigenvalue weighted by Crippen LogP contribution is -2.44. The summed E-state index contributed by atoms with van der Waals surface area (Å²) in [7, 11) is -0.855. The van der Waals surface area contributed by atoms with Crippen molar-refractivity contribution in [3.63, 3.8) is 0 Å². The van der Waals surface area contributed by atoms with Crippen molar-refractivity contribution >= 4 is 51.1 Å². The molecular formula is C12H13IN2O4S. The van der Waals surface area contributed by atoms with Crippen LogP contribution in [0.2, 0.25) is 0 Å². The average Bonchev–Trinajstić information content (AvgIpc) is 2.41. The monoisotopic (exact) mass is 408 g/mol. The van der Waals surface area contributed by atoms with Crippen molar-refractivity contribution in [1.29, 1.82) is 0 Å². The molecule has 1 fully saturated rings. The van der Waals surface area contributed by atoms with Gasteiger partial charge >= 0.3 is 12.0 Å². The predicted molar refractivity (Wildman–Crippen MR) is 84.6 cm³/mol. The molecule has 1 aromatic rings. The van der Waals surface area contributed by atoms with Crippen molar-refractivity contribution in [1.82, 2.24) is 4.90 Å². The molecule has 0 unspecified atom stereocenters. The predicted octanol–water partition coefficient (Wildman–Crippen LogP) is 1.59. The normalized spacial score (nSPS) is 15.9. The van der Waals surface area contributed by atoms with E-state index in [0.29, 0.717) is 24.6 Å². The molecule has 2 amide bonds. The maximum absolute atomic E-state index is 12.1. The van der Waals surface area contributed by atoms with Crippen molar-refractivity contribution in [2.24, 2.45) is 0 Å². The number of carboxylic acids is 1. The minimum atomic E-state index is -1.08. The van der Waals surface area contributed by atoms with Gasteiger partial charge in [0.2, 0.25) is 0 Å². The van der Waals surface area contributed by atoms with E-state index in [1.165, 1.54) is 6.07 Å². The van der Waals surface area contributed by atoms with Crippen LogP contribution < -0.4 is 5.32 Å². The second-order valence-corrected chi connectivity index (χ2v) is 7.20. The minimum Gasteiger partial charge on any atom is -0.478 e. The summed E-state index contributed by atoms with van der Waals surface area (Å²) in [6, 6.07) is 4.45. The number of benzene rings is 1. The number of hydrogen-bond donors (Lipinski definition) is 2. The zero-order valence-corrected chi connectivity index (χ0v) is 13.4. The lowest BCUT2D eigenvalue weighted by Gasteiger charge is -2.26. The van der Waals surface area contributed by atoms with Gasteiger partial charge in [0.1, 0.15) is 0 Å². The third kappa shape index (κ3) is 3.69. The Balaban J connectivity index is 2.11. The summed E-state index contributed by atoms with van der Waals surface area (Å²) in [6.07, 6.45) is 0. The molecule has 0 radical (unpaired) electrons. The molecule has 0 aromatic heterocycles. The van der Waals surface area contributed by atoms with E-state index in [1.807, 2.05) is 22.6 Å². The third-order valence-corrected chi connectivity index (χ3v) is 4.87. The summed E-state index contributed by atoms with van der Waals surface area (Å²) in [5.74, 6) is -0.156. The molecule has 2 N–H and O–H groups in total. The molecule has 0 spiro atoms. The second kappa shape index (κ2) is 6.53. The fourth-order valence-corrected chi connectivity index (χ4v) is 3.38. The molecule has 1 saturated heterocycles. The van der Waals surface area contributed by atoms with Crippen LogP contribution in [0.15, 0.2) is 18.2 Å². The highest BCUT2D eigenvalue weighted by Crippen LogP contribution is 2.19. The van der Waals surface area contributed by atoms with Gasteiger partial charge < -0.3 is 15.3 Å². The lowest BCUT2D eigenvalue weighted by molar-refractivity contribution is 0.0698. The highest BCUT2D eigenvalue weighted by atomic mass is 127. The van der Waals surface area contributed by atoms with Crippen molar-refractivity contribution < 1.29 is 18.9 Å². The van der Waals surface area contributed by atoms with Crippen LogP contribution in [0.4, 0.5) is 10.5 Å². The van der Waals surface area contributed by atoms with E-state index in [2.05, 4.69) is 5.32 Å². The number of carboxylic acid groups (broad SMARTS) is 1. The molecule has 8 heteroatoms. The molecule has 0 bridgehead atoms. The van der Waals surface area contributed by atoms with Gasteiger partial charge in [-0.15, -0.1) is 0 Å². The Bertz CT molecular complexity index is 569. The number of halogens is 1. The third-order valence-electron chi connectivity index (χ3n) is 2.92. The lowest BCUT2D eigenvalue weighted by atomic mass is 10.2. The molecule has 0 saturated carbocycles. The average molecular weight is 408 g/mol. The number of nitrogens with zero attached hydrogens (tertiary/aromatic N) is 1. The molecule has 2 rings (SSSR count). The van der Waals surface area contributed by atoms with Crippen molar-refractivity contribution in [2.45, 2.75) is 0 Å². The smallest absolute Gasteiger partial charge is 0.337 e. The molecule has 0 aliphatic carbocycles. The van der Waals surface area contributed by atoms with E-state index in [-0.39, 0.29) is 17.3 Å². The Morgan fingerprint density at radius 1 is 1.30 bits per heavy atom.